The Hall–Kier alpha value is -1.10. The Kier molecular flexibility index (Phi) is 4.80. The molecule has 0 radical (unpaired) electrons. The summed E-state index contributed by atoms with van der Waals surface area (Å²) in [6, 6.07) is 8.10. The summed E-state index contributed by atoms with van der Waals surface area (Å²) in [5.41, 5.74) is 0. The van der Waals surface area contributed by atoms with E-state index in [4.69, 9.17) is 16.7 Å². The van der Waals surface area contributed by atoms with E-state index in [1.54, 1.807) is 11.3 Å². The summed E-state index contributed by atoms with van der Waals surface area (Å²) in [6.45, 7) is 1.52. The predicted molar refractivity (Wildman–Crippen MR) is 80.0 cm³/mol. The number of fused-ring (bicyclic) bond motifs is 1. The van der Waals surface area contributed by atoms with Crippen LogP contribution in [0.25, 0.3) is 10.1 Å². The van der Waals surface area contributed by atoms with E-state index in [1.807, 2.05) is 25.2 Å². The molecule has 3 nitrogen and oxygen atoms in total. The molecule has 0 saturated carbocycles. The van der Waals surface area contributed by atoms with Gasteiger partial charge in [0.15, 0.2) is 0 Å². The van der Waals surface area contributed by atoms with Gasteiger partial charge in [0.25, 0.3) is 0 Å². The maximum Gasteiger partial charge on any atom is 0.303 e. The standard InChI is InChI=1S/C14H16ClNO2S/c1-16(8-4-7-13(17)18)9-12-14(15)10-5-2-3-6-11(10)19-12/h2-3,5-6H,4,7-9H2,1H3,(H,17,18). The summed E-state index contributed by atoms with van der Waals surface area (Å²) < 4.78 is 1.20. The molecule has 0 bridgehead atoms. The summed E-state index contributed by atoms with van der Waals surface area (Å²) in [5.74, 6) is -0.742. The molecule has 0 amide bonds. The van der Waals surface area contributed by atoms with Crippen molar-refractivity contribution in [3.63, 3.8) is 0 Å². The summed E-state index contributed by atoms with van der Waals surface area (Å²) in [5, 5.41) is 10.5. The molecule has 0 spiro atoms. The van der Waals surface area contributed by atoms with Gasteiger partial charge in [0.05, 0.1) is 5.02 Å². The van der Waals surface area contributed by atoms with Crippen molar-refractivity contribution >= 4 is 39.0 Å². The molecule has 2 rings (SSSR count). The van der Waals surface area contributed by atoms with Crippen LogP contribution in [0.1, 0.15) is 17.7 Å². The first-order valence-electron chi connectivity index (χ1n) is 6.14. The highest BCUT2D eigenvalue weighted by molar-refractivity contribution is 7.19. The minimum absolute atomic E-state index is 0.213. The van der Waals surface area contributed by atoms with Gasteiger partial charge in [0.2, 0.25) is 0 Å². The zero-order valence-corrected chi connectivity index (χ0v) is 12.3. The van der Waals surface area contributed by atoms with Gasteiger partial charge in [-0.3, -0.25) is 4.79 Å². The van der Waals surface area contributed by atoms with E-state index in [2.05, 4.69) is 11.0 Å². The monoisotopic (exact) mass is 297 g/mol. The third-order valence-electron chi connectivity index (χ3n) is 2.95. The van der Waals surface area contributed by atoms with Gasteiger partial charge in [-0.25, -0.2) is 0 Å². The van der Waals surface area contributed by atoms with Crippen LogP contribution >= 0.6 is 22.9 Å². The second-order valence-corrected chi connectivity index (χ2v) is 6.09. The van der Waals surface area contributed by atoms with Gasteiger partial charge in [-0.2, -0.15) is 0 Å². The van der Waals surface area contributed by atoms with Gasteiger partial charge in [-0.1, -0.05) is 29.8 Å². The van der Waals surface area contributed by atoms with Crippen molar-refractivity contribution in [2.75, 3.05) is 13.6 Å². The molecule has 1 N–H and O–H groups in total. The Bertz CT molecular complexity index is 582. The first-order valence-corrected chi connectivity index (χ1v) is 7.33. The van der Waals surface area contributed by atoms with Crippen molar-refractivity contribution in [3.8, 4) is 0 Å². The molecule has 1 heterocycles. The first-order chi connectivity index (χ1) is 9.08. The van der Waals surface area contributed by atoms with Crippen LogP contribution in [0.5, 0.6) is 0 Å². The van der Waals surface area contributed by atoms with Crippen molar-refractivity contribution in [1.29, 1.82) is 0 Å². The minimum atomic E-state index is -0.742. The molecule has 0 atom stereocenters. The lowest BCUT2D eigenvalue weighted by Gasteiger charge is -2.15. The number of halogens is 1. The maximum atomic E-state index is 10.5. The van der Waals surface area contributed by atoms with E-state index in [0.717, 1.165) is 28.4 Å². The molecular formula is C14H16ClNO2S. The van der Waals surface area contributed by atoms with Crippen molar-refractivity contribution in [2.45, 2.75) is 19.4 Å². The number of hydrogen-bond acceptors (Lipinski definition) is 3. The first kappa shape index (κ1) is 14.3. The van der Waals surface area contributed by atoms with Crippen molar-refractivity contribution in [2.24, 2.45) is 0 Å². The summed E-state index contributed by atoms with van der Waals surface area (Å²) in [6.07, 6.45) is 0.874. The van der Waals surface area contributed by atoms with Crippen LogP contribution in [-0.4, -0.2) is 29.6 Å². The van der Waals surface area contributed by atoms with Crippen LogP contribution in [0.3, 0.4) is 0 Å². The number of hydrogen-bond donors (Lipinski definition) is 1. The number of aliphatic carboxylic acids is 1. The lowest BCUT2D eigenvalue weighted by atomic mass is 10.2. The van der Waals surface area contributed by atoms with Crippen LogP contribution in [0.15, 0.2) is 24.3 Å². The molecule has 0 aliphatic heterocycles. The third-order valence-corrected chi connectivity index (χ3v) is 4.64. The maximum absolute atomic E-state index is 10.5. The van der Waals surface area contributed by atoms with Crippen LogP contribution in [-0.2, 0) is 11.3 Å². The normalized spacial score (nSPS) is 11.3. The van der Waals surface area contributed by atoms with Gasteiger partial charge < -0.3 is 10.0 Å². The number of carboxylic acids is 1. The average molecular weight is 298 g/mol. The highest BCUT2D eigenvalue weighted by atomic mass is 35.5. The fourth-order valence-corrected chi connectivity index (χ4v) is 3.56. The number of thiophene rings is 1. The lowest BCUT2D eigenvalue weighted by molar-refractivity contribution is -0.137. The number of carbonyl (C=O) groups is 1. The van der Waals surface area contributed by atoms with Crippen LogP contribution < -0.4 is 0 Å². The molecule has 1 aromatic heterocycles. The minimum Gasteiger partial charge on any atom is -0.481 e. The molecule has 5 heteroatoms. The van der Waals surface area contributed by atoms with E-state index in [1.165, 1.54) is 4.70 Å². The molecule has 0 saturated heterocycles. The fraction of sp³-hybridized carbons (Fsp3) is 0.357. The van der Waals surface area contributed by atoms with Gasteiger partial charge in [-0.05, 0) is 26.1 Å². The van der Waals surface area contributed by atoms with Gasteiger partial charge in [0.1, 0.15) is 0 Å². The molecule has 2 aromatic rings. The topological polar surface area (TPSA) is 40.5 Å². The van der Waals surface area contributed by atoms with Gasteiger partial charge in [0, 0.05) is 27.9 Å². The number of benzene rings is 1. The third kappa shape index (κ3) is 3.69. The summed E-state index contributed by atoms with van der Waals surface area (Å²) >= 11 is 8.08. The molecular weight excluding hydrogens is 282 g/mol. The Morgan fingerprint density at radius 3 is 2.84 bits per heavy atom. The molecule has 0 aliphatic carbocycles. The zero-order chi connectivity index (χ0) is 13.8. The zero-order valence-electron chi connectivity index (χ0n) is 10.7. The summed E-state index contributed by atoms with van der Waals surface area (Å²) in [4.78, 5) is 13.7. The molecule has 0 unspecified atom stereocenters. The molecule has 102 valence electrons. The molecule has 19 heavy (non-hydrogen) atoms. The highest BCUT2D eigenvalue weighted by Gasteiger charge is 2.11. The van der Waals surface area contributed by atoms with Crippen molar-refractivity contribution < 1.29 is 9.90 Å². The second kappa shape index (κ2) is 6.37. The Morgan fingerprint density at radius 1 is 1.42 bits per heavy atom. The largest absolute Gasteiger partial charge is 0.481 e. The average Bonchev–Trinajstić information content (AvgIpc) is 2.66. The fourth-order valence-electron chi connectivity index (χ4n) is 1.99. The van der Waals surface area contributed by atoms with Crippen LogP contribution in [0.2, 0.25) is 5.02 Å². The van der Waals surface area contributed by atoms with Crippen molar-refractivity contribution in [3.05, 3.63) is 34.2 Å². The summed E-state index contributed by atoms with van der Waals surface area (Å²) in [7, 11) is 1.99. The smallest absolute Gasteiger partial charge is 0.303 e. The Balaban J connectivity index is 2.00. The number of rotatable bonds is 6. The van der Waals surface area contributed by atoms with Crippen molar-refractivity contribution in [1.82, 2.24) is 4.90 Å². The van der Waals surface area contributed by atoms with E-state index in [9.17, 15) is 4.79 Å². The van der Waals surface area contributed by atoms with Gasteiger partial charge >= 0.3 is 5.97 Å². The van der Waals surface area contributed by atoms with E-state index >= 15 is 0 Å². The van der Waals surface area contributed by atoms with E-state index < -0.39 is 5.97 Å². The molecule has 0 aliphatic rings. The predicted octanol–water partition coefficient (Wildman–Crippen LogP) is 3.85. The number of nitrogens with zero attached hydrogens (tertiary/aromatic N) is 1. The van der Waals surface area contributed by atoms with E-state index in [-0.39, 0.29) is 6.42 Å². The van der Waals surface area contributed by atoms with Crippen LogP contribution in [0, 0.1) is 0 Å². The van der Waals surface area contributed by atoms with Crippen LogP contribution in [0.4, 0.5) is 0 Å². The molecule has 1 aromatic carbocycles. The SMILES string of the molecule is CN(CCCC(=O)O)Cc1sc2ccccc2c1Cl. The number of carboxylic acid groups (broad SMARTS) is 1. The lowest BCUT2D eigenvalue weighted by Crippen LogP contribution is -2.19. The van der Waals surface area contributed by atoms with E-state index in [0.29, 0.717) is 6.42 Å². The highest BCUT2D eigenvalue weighted by Crippen LogP contribution is 2.35. The van der Waals surface area contributed by atoms with Gasteiger partial charge in [-0.15, -0.1) is 11.3 Å². The Labute approximate surface area is 121 Å². The second-order valence-electron chi connectivity index (χ2n) is 4.57. The molecule has 0 fully saturated rings. The Morgan fingerprint density at radius 2 is 2.16 bits per heavy atom. The quantitative estimate of drug-likeness (QED) is 0.880.